The maximum absolute atomic E-state index is 12.8. The van der Waals surface area contributed by atoms with Crippen LogP contribution in [0.1, 0.15) is 245 Å². The van der Waals surface area contributed by atoms with Crippen LogP contribution in [0.2, 0.25) is 0 Å². The van der Waals surface area contributed by atoms with Gasteiger partial charge in [0.2, 0.25) is 0 Å². The maximum Gasteiger partial charge on any atom is 0.472 e. The fraction of sp³-hybridized carbons (Fsp3) is 0.494. The highest BCUT2D eigenvalue weighted by Gasteiger charge is 2.26. The highest BCUT2D eigenvalue weighted by atomic mass is 31.2. The number of allylic oxidation sites excluding steroid dienone is 42. The van der Waals surface area contributed by atoms with E-state index in [4.69, 9.17) is 24.3 Å². The third kappa shape index (κ3) is 78.4. The predicted octanol–water partition coefficient (Wildman–Crippen LogP) is 25.3. The Morgan fingerprint density at radius 1 is 0.309 bits per heavy atom. The van der Waals surface area contributed by atoms with Crippen molar-refractivity contribution in [2.24, 2.45) is 5.73 Å². The molecular weight excluding hydrogens is 1220 g/mol. The van der Waals surface area contributed by atoms with E-state index in [0.29, 0.717) is 12.8 Å². The lowest BCUT2D eigenvalue weighted by atomic mass is 10.1. The van der Waals surface area contributed by atoms with Gasteiger partial charge in [0.05, 0.1) is 13.2 Å². The molecule has 0 saturated carbocycles. The Hall–Kier alpha value is -6.45. The fourth-order valence-electron chi connectivity index (χ4n) is 9.02. The Balaban J connectivity index is 4.08. The molecule has 538 valence electrons. The Bertz CT molecular complexity index is 2550. The first-order valence-electron chi connectivity index (χ1n) is 37.2. The zero-order chi connectivity index (χ0) is 70.0. The summed E-state index contributed by atoms with van der Waals surface area (Å²) in [7, 11) is -4.43. The Morgan fingerprint density at radius 2 is 0.536 bits per heavy atom. The van der Waals surface area contributed by atoms with Gasteiger partial charge >= 0.3 is 19.8 Å². The molecule has 0 aliphatic carbocycles. The number of hydrogen-bond donors (Lipinski definition) is 2. The van der Waals surface area contributed by atoms with Crippen molar-refractivity contribution in [3.8, 4) is 0 Å². The summed E-state index contributed by atoms with van der Waals surface area (Å²) < 4.78 is 33.2. The van der Waals surface area contributed by atoms with Crippen LogP contribution in [-0.4, -0.2) is 49.3 Å². The van der Waals surface area contributed by atoms with Gasteiger partial charge in [-0.15, -0.1) is 0 Å². The molecule has 0 rings (SSSR count). The minimum absolute atomic E-state index is 0.0335. The summed E-state index contributed by atoms with van der Waals surface area (Å²) in [5.41, 5.74) is 5.40. The Kier molecular flexibility index (Phi) is 73.3. The number of unbranched alkanes of at least 4 members (excludes halogenated alkanes) is 11. The van der Waals surface area contributed by atoms with Crippen molar-refractivity contribution in [3.63, 3.8) is 0 Å². The lowest BCUT2D eigenvalue weighted by Crippen LogP contribution is -2.29. The molecule has 0 amide bonds. The number of phosphoric ester groups is 1. The number of esters is 2. The van der Waals surface area contributed by atoms with E-state index in [1.54, 1.807) is 0 Å². The van der Waals surface area contributed by atoms with E-state index in [-0.39, 0.29) is 32.6 Å². The van der Waals surface area contributed by atoms with Crippen LogP contribution in [0.5, 0.6) is 0 Å². The van der Waals surface area contributed by atoms with Crippen molar-refractivity contribution in [1.82, 2.24) is 0 Å². The molecule has 0 aromatic heterocycles. The quantitative estimate of drug-likeness (QED) is 0.0264. The molecule has 0 saturated heterocycles. The highest BCUT2D eigenvalue weighted by molar-refractivity contribution is 7.47. The molecule has 97 heavy (non-hydrogen) atoms. The molecule has 2 unspecified atom stereocenters. The minimum atomic E-state index is -4.43. The molecule has 0 fully saturated rings. The van der Waals surface area contributed by atoms with Crippen molar-refractivity contribution >= 4 is 19.8 Å². The molecule has 2 atom stereocenters. The maximum atomic E-state index is 12.8. The van der Waals surface area contributed by atoms with E-state index in [2.05, 4.69) is 269 Å². The molecule has 0 aromatic rings. The first-order valence-corrected chi connectivity index (χ1v) is 38.7. The van der Waals surface area contributed by atoms with Gasteiger partial charge in [-0.25, -0.2) is 4.57 Å². The van der Waals surface area contributed by atoms with Crippen LogP contribution >= 0.6 is 7.82 Å². The van der Waals surface area contributed by atoms with E-state index in [1.807, 2.05) is 0 Å². The van der Waals surface area contributed by atoms with Gasteiger partial charge in [-0.2, -0.15) is 0 Å². The smallest absolute Gasteiger partial charge is 0.462 e. The number of carbonyl (C=O) groups excluding carboxylic acids is 2. The number of hydrogen-bond acceptors (Lipinski definition) is 8. The summed E-state index contributed by atoms with van der Waals surface area (Å²) >= 11 is 0. The third-order valence-electron chi connectivity index (χ3n) is 14.4. The summed E-state index contributed by atoms with van der Waals surface area (Å²) in [6, 6.07) is 0. The molecule has 0 heterocycles. The zero-order valence-corrected chi connectivity index (χ0v) is 61.3. The van der Waals surface area contributed by atoms with E-state index in [9.17, 15) is 19.0 Å². The second-order valence-electron chi connectivity index (χ2n) is 23.3. The number of nitrogens with two attached hydrogens (primary N) is 1. The molecule has 0 bridgehead atoms. The van der Waals surface area contributed by atoms with Crippen LogP contribution in [0.3, 0.4) is 0 Å². The van der Waals surface area contributed by atoms with Gasteiger partial charge in [0, 0.05) is 19.4 Å². The van der Waals surface area contributed by atoms with Crippen molar-refractivity contribution < 1.29 is 37.6 Å². The van der Waals surface area contributed by atoms with E-state index < -0.39 is 32.5 Å². The summed E-state index contributed by atoms with van der Waals surface area (Å²) in [5, 5.41) is 0. The second kappa shape index (κ2) is 78.5. The van der Waals surface area contributed by atoms with Gasteiger partial charge in [-0.3, -0.25) is 18.6 Å². The summed E-state index contributed by atoms with van der Waals surface area (Å²) in [4.78, 5) is 35.4. The van der Waals surface area contributed by atoms with Gasteiger partial charge in [-0.05, 0) is 173 Å². The van der Waals surface area contributed by atoms with Crippen molar-refractivity contribution in [2.75, 3.05) is 26.4 Å². The van der Waals surface area contributed by atoms with Crippen LogP contribution in [-0.2, 0) is 32.7 Å². The lowest BCUT2D eigenvalue weighted by molar-refractivity contribution is -0.161. The topological polar surface area (TPSA) is 134 Å². The number of ether oxygens (including phenoxy) is 2. The molecule has 0 aromatic carbocycles. The Morgan fingerprint density at radius 3 is 0.794 bits per heavy atom. The average Bonchev–Trinajstić information content (AvgIpc) is 2.88. The molecule has 9 nitrogen and oxygen atoms in total. The standard InChI is InChI=1S/C87H132NO8P/c1-3-5-7-9-11-13-15-17-19-21-23-25-27-29-31-33-35-37-39-41-42-44-46-48-50-52-54-56-58-60-62-64-66-68-70-72-74-76-78-80-87(90)96-85(84-95-97(91,92)94-82-81-88)83-93-86(89)79-77-75-73-71-69-67-65-63-61-59-57-55-53-51-49-47-45-43-40-38-36-34-32-30-28-26-24-22-20-18-16-14-12-10-8-6-4-2/h5-8,11-14,17-20,23-26,29-32,35-38,41-43,45-46,48-49,51-52,54-55,57-58,60-61,63-64,66,85H,3-4,9-10,15-16,21-22,27-28,33-34,39-40,44,47,50,53,56,59,62,65,67-84,88H2,1-2H3,(H,91,92)/b7-5-,8-6-,13-11-,14-12-,19-17-,20-18-,25-23-,26-24-,31-29-,32-30-,37-35-,38-36-,42-41-,45-43-,48-46-,51-49-,54-52-,57-55-,60-58-,63-61-,66-64-. The summed E-state index contributed by atoms with van der Waals surface area (Å²) in [5.74, 6) is -0.888. The summed E-state index contributed by atoms with van der Waals surface area (Å²) in [6.07, 6.45) is 126. The number of rotatable bonds is 66. The lowest BCUT2D eigenvalue weighted by Gasteiger charge is -2.19. The van der Waals surface area contributed by atoms with E-state index >= 15 is 0 Å². The molecule has 0 aliphatic rings. The van der Waals surface area contributed by atoms with Crippen LogP contribution in [0.25, 0.3) is 0 Å². The molecular formula is C87H132NO8P. The minimum Gasteiger partial charge on any atom is -0.462 e. The van der Waals surface area contributed by atoms with Crippen LogP contribution in [0.15, 0.2) is 255 Å². The SMILES string of the molecule is CC/C=C\C/C=C\C/C=C\C/C=C\C/C=C\C/C=C\C/C=C\C/C=C\C/C=C\C/C=C\C/C=C\CCCCCCCC(=O)OC(COC(=O)CCCCCCCC/C=C\C/C=C\C/C=C\C/C=C\C/C=C\C/C=C\C/C=C\C/C=C\C/C=C\C/C=C\CC)COP(=O)(O)OCCN. The summed E-state index contributed by atoms with van der Waals surface area (Å²) in [6.45, 7) is 3.44. The van der Waals surface area contributed by atoms with Crippen LogP contribution < -0.4 is 5.73 Å². The first-order chi connectivity index (χ1) is 47.8. The third-order valence-corrected chi connectivity index (χ3v) is 15.4. The molecule has 3 N–H and O–H groups in total. The second-order valence-corrected chi connectivity index (χ2v) is 24.8. The van der Waals surface area contributed by atoms with E-state index in [0.717, 1.165) is 205 Å². The van der Waals surface area contributed by atoms with Crippen molar-refractivity contribution in [3.05, 3.63) is 255 Å². The zero-order valence-electron chi connectivity index (χ0n) is 60.4. The number of phosphoric acid groups is 1. The van der Waals surface area contributed by atoms with Gasteiger partial charge in [0.25, 0.3) is 0 Å². The average molecular weight is 1350 g/mol. The van der Waals surface area contributed by atoms with Crippen molar-refractivity contribution in [1.29, 1.82) is 0 Å². The molecule has 0 spiro atoms. The van der Waals surface area contributed by atoms with Crippen molar-refractivity contribution in [2.45, 2.75) is 251 Å². The van der Waals surface area contributed by atoms with Gasteiger partial charge in [-0.1, -0.05) is 314 Å². The van der Waals surface area contributed by atoms with E-state index in [1.165, 1.54) is 0 Å². The van der Waals surface area contributed by atoms with Crippen LogP contribution in [0.4, 0.5) is 0 Å². The van der Waals surface area contributed by atoms with Crippen LogP contribution in [0, 0.1) is 0 Å². The molecule has 0 radical (unpaired) electrons. The van der Waals surface area contributed by atoms with Gasteiger partial charge in [0.1, 0.15) is 6.61 Å². The monoisotopic (exact) mass is 1350 g/mol. The Labute approximate surface area is 592 Å². The largest absolute Gasteiger partial charge is 0.472 e. The number of carbonyl (C=O) groups is 2. The normalized spacial score (nSPS) is 14.4. The first kappa shape index (κ1) is 90.5. The predicted molar refractivity (Wildman–Crippen MR) is 421 cm³/mol. The highest BCUT2D eigenvalue weighted by Crippen LogP contribution is 2.43. The molecule has 0 aliphatic heterocycles. The molecule has 10 heteroatoms. The fourth-order valence-corrected chi connectivity index (χ4v) is 9.79. The van der Waals surface area contributed by atoms with Gasteiger partial charge in [0.15, 0.2) is 6.10 Å². The van der Waals surface area contributed by atoms with Gasteiger partial charge < -0.3 is 20.1 Å².